The third kappa shape index (κ3) is 4.02. The maximum absolute atomic E-state index is 11.9. The SMILES string of the molecule is CCCn1nnnc1CN1CCC(N(C)S(=O)(=O)CC)CC1. The highest BCUT2D eigenvalue weighted by molar-refractivity contribution is 7.89. The highest BCUT2D eigenvalue weighted by Crippen LogP contribution is 2.19. The first-order valence-corrected chi connectivity index (χ1v) is 9.52. The van der Waals surface area contributed by atoms with Crippen molar-refractivity contribution < 1.29 is 8.42 Å². The maximum Gasteiger partial charge on any atom is 0.213 e. The van der Waals surface area contributed by atoms with Crippen LogP contribution in [0.15, 0.2) is 0 Å². The van der Waals surface area contributed by atoms with Gasteiger partial charge in [0.2, 0.25) is 10.0 Å². The first-order chi connectivity index (χ1) is 10.5. The number of aryl methyl sites for hydroxylation is 1. The summed E-state index contributed by atoms with van der Waals surface area (Å²) in [5, 5.41) is 11.8. The third-order valence-corrected chi connectivity index (χ3v) is 6.19. The standard InChI is InChI=1S/C13H26N6O2S/c1-4-8-19-13(14-15-16-19)11-18-9-6-12(7-10-18)17(3)22(20,21)5-2/h12H,4-11H2,1-3H3. The number of piperidine rings is 1. The van der Waals surface area contributed by atoms with E-state index < -0.39 is 10.0 Å². The zero-order valence-corrected chi connectivity index (χ0v) is 14.5. The number of nitrogens with zero attached hydrogens (tertiary/aromatic N) is 6. The van der Waals surface area contributed by atoms with Gasteiger partial charge in [-0.05, 0) is 36.6 Å². The summed E-state index contributed by atoms with van der Waals surface area (Å²) in [5.74, 6) is 1.05. The van der Waals surface area contributed by atoms with Crippen molar-refractivity contribution in [1.29, 1.82) is 0 Å². The predicted molar refractivity (Wildman–Crippen MR) is 83.6 cm³/mol. The van der Waals surface area contributed by atoms with Gasteiger partial charge in [-0.1, -0.05) is 6.92 Å². The van der Waals surface area contributed by atoms with Crippen LogP contribution in [0.5, 0.6) is 0 Å². The zero-order valence-electron chi connectivity index (χ0n) is 13.6. The Hall–Kier alpha value is -1.06. The Labute approximate surface area is 132 Å². The summed E-state index contributed by atoms with van der Waals surface area (Å²) in [6, 6.07) is 0.104. The summed E-state index contributed by atoms with van der Waals surface area (Å²) in [7, 11) is -1.41. The number of hydrogen-bond donors (Lipinski definition) is 0. The van der Waals surface area contributed by atoms with Crippen molar-refractivity contribution in [1.82, 2.24) is 29.4 Å². The minimum atomic E-state index is -3.10. The van der Waals surface area contributed by atoms with Crippen LogP contribution in [0.25, 0.3) is 0 Å². The van der Waals surface area contributed by atoms with Crippen LogP contribution in [0, 0.1) is 0 Å². The quantitative estimate of drug-likeness (QED) is 0.716. The van der Waals surface area contributed by atoms with Gasteiger partial charge < -0.3 is 0 Å². The van der Waals surface area contributed by atoms with E-state index in [-0.39, 0.29) is 11.8 Å². The second kappa shape index (κ2) is 7.47. The summed E-state index contributed by atoms with van der Waals surface area (Å²) in [5.41, 5.74) is 0. The minimum absolute atomic E-state index is 0.104. The second-order valence-corrected chi connectivity index (χ2v) is 8.06. The number of likely N-dealkylation sites (tertiary alicyclic amines) is 1. The molecule has 0 bridgehead atoms. The number of aromatic nitrogens is 4. The molecule has 2 rings (SSSR count). The van der Waals surface area contributed by atoms with Gasteiger partial charge in [-0.25, -0.2) is 17.4 Å². The molecule has 0 aliphatic carbocycles. The van der Waals surface area contributed by atoms with E-state index in [1.807, 2.05) is 4.68 Å². The number of hydrogen-bond acceptors (Lipinski definition) is 6. The van der Waals surface area contributed by atoms with E-state index in [9.17, 15) is 8.42 Å². The van der Waals surface area contributed by atoms with Crippen molar-refractivity contribution in [2.24, 2.45) is 0 Å². The maximum atomic E-state index is 11.9. The zero-order chi connectivity index (χ0) is 16.2. The van der Waals surface area contributed by atoms with Gasteiger partial charge in [0.1, 0.15) is 0 Å². The lowest BCUT2D eigenvalue weighted by atomic mass is 10.1. The van der Waals surface area contributed by atoms with Crippen LogP contribution in [0.4, 0.5) is 0 Å². The molecule has 0 amide bonds. The fourth-order valence-corrected chi connectivity index (χ4v) is 3.87. The molecule has 1 fully saturated rings. The van der Waals surface area contributed by atoms with Gasteiger partial charge in [0.05, 0.1) is 12.3 Å². The highest BCUT2D eigenvalue weighted by atomic mass is 32.2. The Bertz CT molecular complexity index is 565. The number of tetrazole rings is 1. The van der Waals surface area contributed by atoms with E-state index in [4.69, 9.17) is 0 Å². The molecule has 0 saturated carbocycles. The van der Waals surface area contributed by atoms with Crippen molar-refractivity contribution in [3.8, 4) is 0 Å². The van der Waals surface area contributed by atoms with Gasteiger partial charge in [0.15, 0.2) is 5.82 Å². The van der Waals surface area contributed by atoms with Crippen molar-refractivity contribution in [3.05, 3.63) is 5.82 Å². The predicted octanol–water partition coefficient (Wildman–Crippen LogP) is 0.329. The van der Waals surface area contributed by atoms with Gasteiger partial charge in [0, 0.05) is 32.7 Å². The summed E-state index contributed by atoms with van der Waals surface area (Å²) < 4.78 is 27.3. The van der Waals surface area contributed by atoms with Crippen molar-refractivity contribution in [3.63, 3.8) is 0 Å². The van der Waals surface area contributed by atoms with E-state index in [2.05, 4.69) is 27.3 Å². The molecular formula is C13H26N6O2S. The molecule has 1 aromatic heterocycles. The summed E-state index contributed by atoms with van der Waals surface area (Å²) >= 11 is 0. The fourth-order valence-electron chi connectivity index (χ4n) is 2.79. The Morgan fingerprint density at radius 1 is 1.27 bits per heavy atom. The molecule has 2 heterocycles. The molecule has 0 radical (unpaired) electrons. The molecule has 22 heavy (non-hydrogen) atoms. The molecule has 0 spiro atoms. The molecule has 0 aromatic carbocycles. The van der Waals surface area contributed by atoms with Crippen LogP contribution in [0.2, 0.25) is 0 Å². The van der Waals surface area contributed by atoms with Crippen molar-refractivity contribution >= 4 is 10.0 Å². The molecule has 8 nitrogen and oxygen atoms in total. The van der Waals surface area contributed by atoms with E-state index in [0.29, 0.717) is 0 Å². The Morgan fingerprint density at radius 3 is 2.55 bits per heavy atom. The van der Waals surface area contributed by atoms with Crippen LogP contribution in [0.1, 0.15) is 38.9 Å². The highest BCUT2D eigenvalue weighted by Gasteiger charge is 2.29. The molecule has 0 unspecified atom stereocenters. The summed E-state index contributed by atoms with van der Waals surface area (Å²) in [6.45, 7) is 7.08. The molecule has 1 aromatic rings. The molecule has 0 atom stereocenters. The lowest BCUT2D eigenvalue weighted by Crippen LogP contribution is -2.45. The normalized spacial score (nSPS) is 18.2. The average molecular weight is 330 g/mol. The summed E-state index contributed by atoms with van der Waals surface area (Å²) in [4.78, 5) is 2.29. The van der Waals surface area contributed by atoms with Crippen LogP contribution in [-0.2, 0) is 23.1 Å². The molecular weight excluding hydrogens is 304 g/mol. The summed E-state index contributed by atoms with van der Waals surface area (Å²) in [6.07, 6.45) is 2.70. The third-order valence-electron chi connectivity index (χ3n) is 4.28. The smallest absolute Gasteiger partial charge is 0.213 e. The molecule has 9 heteroatoms. The van der Waals surface area contributed by atoms with Gasteiger partial charge >= 0.3 is 0 Å². The van der Waals surface area contributed by atoms with E-state index in [1.54, 1.807) is 18.3 Å². The second-order valence-electron chi connectivity index (χ2n) is 5.74. The van der Waals surface area contributed by atoms with Crippen LogP contribution >= 0.6 is 0 Å². The van der Waals surface area contributed by atoms with Crippen LogP contribution in [-0.4, -0.2) is 69.8 Å². The Morgan fingerprint density at radius 2 is 1.95 bits per heavy atom. The Kier molecular flexibility index (Phi) is 5.87. The van der Waals surface area contributed by atoms with Crippen molar-refractivity contribution in [2.75, 3.05) is 25.9 Å². The van der Waals surface area contributed by atoms with Crippen molar-refractivity contribution in [2.45, 2.75) is 52.2 Å². The molecule has 1 aliphatic rings. The number of sulfonamides is 1. The van der Waals surface area contributed by atoms with Gasteiger partial charge in [-0.3, -0.25) is 4.90 Å². The Balaban J connectivity index is 1.88. The fraction of sp³-hybridized carbons (Fsp3) is 0.923. The largest absolute Gasteiger partial charge is 0.296 e. The first-order valence-electron chi connectivity index (χ1n) is 7.91. The van der Waals surface area contributed by atoms with Crippen LogP contribution < -0.4 is 0 Å². The molecule has 126 valence electrons. The lowest BCUT2D eigenvalue weighted by molar-refractivity contribution is 0.159. The van der Waals surface area contributed by atoms with Gasteiger partial charge in [-0.15, -0.1) is 5.10 Å². The first kappa shape index (κ1) is 17.3. The van der Waals surface area contributed by atoms with E-state index in [1.165, 1.54) is 0 Å². The molecule has 0 N–H and O–H groups in total. The van der Waals surface area contributed by atoms with E-state index >= 15 is 0 Å². The minimum Gasteiger partial charge on any atom is -0.296 e. The average Bonchev–Trinajstić information content (AvgIpc) is 2.95. The number of rotatable bonds is 7. The van der Waals surface area contributed by atoms with E-state index in [0.717, 1.165) is 51.3 Å². The van der Waals surface area contributed by atoms with Gasteiger partial charge in [-0.2, -0.15) is 0 Å². The van der Waals surface area contributed by atoms with Gasteiger partial charge in [0.25, 0.3) is 0 Å². The van der Waals surface area contributed by atoms with Crippen LogP contribution in [0.3, 0.4) is 0 Å². The molecule has 1 saturated heterocycles. The monoisotopic (exact) mass is 330 g/mol. The topological polar surface area (TPSA) is 84.2 Å². The lowest BCUT2D eigenvalue weighted by Gasteiger charge is -2.35. The molecule has 1 aliphatic heterocycles.